The molecule has 0 amide bonds. The normalized spacial score (nSPS) is 12.0. The van der Waals surface area contributed by atoms with Crippen LogP contribution in [-0.2, 0) is 0 Å². The molecule has 0 aromatic heterocycles. The summed E-state index contributed by atoms with van der Waals surface area (Å²) >= 11 is -1.21. The van der Waals surface area contributed by atoms with E-state index in [0.29, 0.717) is 0 Å². The second kappa shape index (κ2) is 12.6. The van der Waals surface area contributed by atoms with E-state index in [-0.39, 0.29) is 0 Å². The van der Waals surface area contributed by atoms with Crippen LogP contribution in [0.3, 0.4) is 0 Å². The van der Waals surface area contributed by atoms with Crippen LogP contribution >= 0.6 is 0 Å². The zero-order valence-corrected chi connectivity index (χ0v) is 15.8. The van der Waals surface area contributed by atoms with Crippen LogP contribution in [0.1, 0.15) is 84.0 Å². The summed E-state index contributed by atoms with van der Waals surface area (Å²) in [5.41, 5.74) is 0. The van der Waals surface area contributed by atoms with Gasteiger partial charge in [-0.15, -0.1) is 0 Å². The molecule has 0 aromatic rings. The van der Waals surface area contributed by atoms with Crippen LogP contribution in [0.15, 0.2) is 0 Å². The Morgan fingerprint density at radius 3 is 1.17 bits per heavy atom. The third-order valence-corrected chi connectivity index (χ3v) is 7.67. The van der Waals surface area contributed by atoms with Gasteiger partial charge in [-0.3, -0.25) is 0 Å². The average molecular weight is 315 g/mol. The van der Waals surface area contributed by atoms with E-state index in [0.717, 1.165) is 0 Å². The minimum atomic E-state index is -1.21. The summed E-state index contributed by atoms with van der Waals surface area (Å²) in [7, 11) is 0. The Hall–Kier alpha value is 0.543. The van der Waals surface area contributed by atoms with Gasteiger partial charge < -0.3 is 0 Å². The molecule has 0 saturated heterocycles. The molecule has 0 nitrogen and oxygen atoms in total. The molecule has 0 aromatic carbocycles. The third-order valence-electron chi connectivity index (χ3n) is 3.78. The van der Waals surface area contributed by atoms with Gasteiger partial charge in [-0.2, -0.15) is 0 Å². The number of unbranched alkanes of at least 4 members (excludes halogenated alkanes) is 11. The van der Waals surface area contributed by atoms with Gasteiger partial charge in [0.25, 0.3) is 0 Å². The molecule has 0 aliphatic carbocycles. The van der Waals surface area contributed by atoms with Crippen molar-refractivity contribution in [3.8, 4) is 0 Å². The molecule has 0 fully saturated rings. The summed E-state index contributed by atoms with van der Waals surface area (Å²) < 4.78 is 0. The molecule has 0 rings (SSSR count). The van der Waals surface area contributed by atoms with Crippen molar-refractivity contribution in [2.45, 2.75) is 106 Å². The Labute approximate surface area is 120 Å². The standard InChI is InChI=1S/C17H38Ge/c1-5-6-7-8-9-10-11-12-13-14-15-16-17-18(2,3)4/h5-17H2,1-4H3. The number of rotatable bonds is 13. The summed E-state index contributed by atoms with van der Waals surface area (Å²) in [5.74, 6) is 7.62. The first-order chi connectivity index (χ1) is 8.56. The Morgan fingerprint density at radius 1 is 0.500 bits per heavy atom. The zero-order valence-electron chi connectivity index (χ0n) is 13.7. The predicted octanol–water partition coefficient (Wildman–Crippen LogP) is 7.03. The summed E-state index contributed by atoms with van der Waals surface area (Å²) in [5, 5.41) is 1.58. The van der Waals surface area contributed by atoms with E-state index in [1.54, 1.807) is 5.25 Å². The Kier molecular flexibility index (Phi) is 12.9. The Morgan fingerprint density at radius 2 is 0.833 bits per heavy atom. The maximum atomic E-state index is 2.54. The van der Waals surface area contributed by atoms with E-state index in [9.17, 15) is 0 Å². The van der Waals surface area contributed by atoms with E-state index in [2.05, 4.69) is 24.2 Å². The van der Waals surface area contributed by atoms with Crippen molar-refractivity contribution >= 4 is 13.3 Å². The summed E-state index contributed by atoms with van der Waals surface area (Å²) in [6, 6.07) is 0. The van der Waals surface area contributed by atoms with Crippen LogP contribution in [0.25, 0.3) is 0 Å². The molecule has 0 heterocycles. The molecule has 1 heteroatoms. The fourth-order valence-corrected chi connectivity index (χ4v) is 5.25. The topological polar surface area (TPSA) is 0 Å². The fourth-order valence-electron chi connectivity index (χ4n) is 2.50. The molecule has 110 valence electrons. The second-order valence-corrected chi connectivity index (χ2v) is 19.0. The number of hydrogen-bond donors (Lipinski definition) is 0. The fraction of sp³-hybridized carbons (Fsp3) is 1.00. The molecule has 0 unspecified atom stereocenters. The van der Waals surface area contributed by atoms with E-state index in [4.69, 9.17) is 0 Å². The van der Waals surface area contributed by atoms with Gasteiger partial charge >= 0.3 is 106 Å². The van der Waals surface area contributed by atoms with Crippen molar-refractivity contribution in [2.24, 2.45) is 0 Å². The van der Waals surface area contributed by atoms with Gasteiger partial charge in [0.05, 0.1) is 0 Å². The number of hydrogen-bond acceptors (Lipinski definition) is 0. The minimum absolute atomic E-state index is 1.21. The quantitative estimate of drug-likeness (QED) is 0.253. The molecule has 0 bridgehead atoms. The summed E-state index contributed by atoms with van der Waals surface area (Å²) in [6.07, 6.45) is 17.7. The van der Waals surface area contributed by atoms with Crippen LogP contribution in [0, 0.1) is 0 Å². The van der Waals surface area contributed by atoms with Crippen molar-refractivity contribution in [1.82, 2.24) is 0 Å². The van der Waals surface area contributed by atoms with Crippen molar-refractivity contribution in [3.63, 3.8) is 0 Å². The summed E-state index contributed by atoms with van der Waals surface area (Å²) in [4.78, 5) is 0. The molecule has 0 aliphatic rings. The van der Waals surface area contributed by atoms with Crippen LogP contribution in [0.5, 0.6) is 0 Å². The van der Waals surface area contributed by atoms with Crippen LogP contribution in [0.2, 0.25) is 22.5 Å². The second-order valence-electron chi connectivity index (χ2n) is 7.20. The van der Waals surface area contributed by atoms with Gasteiger partial charge in [0.2, 0.25) is 0 Å². The van der Waals surface area contributed by atoms with Crippen molar-refractivity contribution in [1.29, 1.82) is 0 Å². The molecular formula is C17H38Ge. The molecule has 0 spiro atoms. The van der Waals surface area contributed by atoms with E-state index in [1.807, 2.05) is 0 Å². The SMILES string of the molecule is CCCCCCCCCCCCC[CH2][Ge]([CH3])([CH3])[CH3]. The molecule has 0 saturated carbocycles. The monoisotopic (exact) mass is 316 g/mol. The maximum absolute atomic E-state index is 2.54. The molecule has 18 heavy (non-hydrogen) atoms. The van der Waals surface area contributed by atoms with Crippen LogP contribution in [0.4, 0.5) is 0 Å². The van der Waals surface area contributed by atoms with Crippen LogP contribution in [-0.4, -0.2) is 13.3 Å². The molecule has 0 N–H and O–H groups in total. The summed E-state index contributed by atoms with van der Waals surface area (Å²) in [6.45, 7) is 2.29. The Balaban J connectivity index is 2.99. The van der Waals surface area contributed by atoms with Gasteiger partial charge in [0.15, 0.2) is 0 Å². The first kappa shape index (κ1) is 18.5. The van der Waals surface area contributed by atoms with E-state index < -0.39 is 13.3 Å². The molecule has 0 aliphatic heterocycles. The van der Waals surface area contributed by atoms with Crippen LogP contribution < -0.4 is 0 Å². The van der Waals surface area contributed by atoms with Gasteiger partial charge in [0.1, 0.15) is 0 Å². The Bertz CT molecular complexity index is 157. The van der Waals surface area contributed by atoms with Gasteiger partial charge in [-0.25, -0.2) is 0 Å². The van der Waals surface area contributed by atoms with E-state index in [1.165, 1.54) is 77.0 Å². The molecule has 0 atom stereocenters. The first-order valence-corrected chi connectivity index (χ1v) is 16.3. The predicted molar refractivity (Wildman–Crippen MR) is 89.2 cm³/mol. The third kappa shape index (κ3) is 16.5. The molecular weight excluding hydrogens is 277 g/mol. The van der Waals surface area contributed by atoms with Crippen molar-refractivity contribution < 1.29 is 0 Å². The van der Waals surface area contributed by atoms with Gasteiger partial charge in [-0.05, 0) is 0 Å². The first-order valence-electron chi connectivity index (χ1n) is 8.56. The van der Waals surface area contributed by atoms with E-state index >= 15 is 0 Å². The van der Waals surface area contributed by atoms with Gasteiger partial charge in [0, 0.05) is 0 Å². The van der Waals surface area contributed by atoms with Crippen molar-refractivity contribution in [2.75, 3.05) is 0 Å². The van der Waals surface area contributed by atoms with Gasteiger partial charge in [-0.1, -0.05) is 13.3 Å². The average Bonchev–Trinajstić information content (AvgIpc) is 2.29. The van der Waals surface area contributed by atoms with Crippen molar-refractivity contribution in [3.05, 3.63) is 0 Å². The molecule has 0 radical (unpaired) electrons. The zero-order chi connectivity index (χ0) is 13.7.